The second-order valence-corrected chi connectivity index (χ2v) is 4.42. The number of anilines is 1. The largest absolute Gasteiger partial charge is 0.454 e. The van der Waals surface area contributed by atoms with Gasteiger partial charge in [-0.15, -0.1) is 0 Å². The molecule has 0 aliphatic carbocycles. The fourth-order valence-corrected chi connectivity index (χ4v) is 2.55. The first kappa shape index (κ1) is 18.1. The lowest BCUT2D eigenvalue weighted by Gasteiger charge is -2.20. The van der Waals surface area contributed by atoms with Crippen LogP contribution in [0.15, 0.2) is 46.9 Å². The van der Waals surface area contributed by atoms with E-state index in [-0.39, 0.29) is 0 Å². The first-order valence-electron chi connectivity index (χ1n) is 8.50. The Labute approximate surface area is 134 Å². The molecule has 0 N–H and O–H groups in total. The highest BCUT2D eigenvalue weighted by atomic mass is 16.3. The maximum Gasteiger partial charge on any atom is 0.158 e. The third-order valence-corrected chi connectivity index (χ3v) is 3.49. The molecule has 0 aliphatic rings. The van der Waals surface area contributed by atoms with E-state index in [1.807, 2.05) is 39.8 Å². The lowest BCUT2D eigenvalue weighted by Crippen LogP contribution is -2.21. The van der Waals surface area contributed by atoms with Crippen LogP contribution in [0.1, 0.15) is 41.5 Å². The average molecular weight is 299 g/mol. The number of benzene rings is 2. The SMILES string of the molecule is CC.CC.CCN(CC)c1cccc2c1oc1ccccc12. The van der Waals surface area contributed by atoms with Crippen LogP contribution in [0.3, 0.4) is 0 Å². The first-order valence-corrected chi connectivity index (χ1v) is 8.50. The molecule has 1 aromatic heterocycles. The monoisotopic (exact) mass is 299 g/mol. The van der Waals surface area contributed by atoms with Crippen LogP contribution in [0.5, 0.6) is 0 Å². The molecule has 22 heavy (non-hydrogen) atoms. The third-order valence-electron chi connectivity index (χ3n) is 3.49. The highest BCUT2D eigenvalue weighted by molar-refractivity contribution is 6.08. The van der Waals surface area contributed by atoms with Gasteiger partial charge in [-0.3, -0.25) is 0 Å². The van der Waals surface area contributed by atoms with Gasteiger partial charge in [0.25, 0.3) is 0 Å². The van der Waals surface area contributed by atoms with Crippen molar-refractivity contribution < 1.29 is 4.42 Å². The molecule has 120 valence electrons. The van der Waals surface area contributed by atoms with Gasteiger partial charge in [-0.1, -0.05) is 58.0 Å². The van der Waals surface area contributed by atoms with Gasteiger partial charge >= 0.3 is 0 Å². The molecule has 0 saturated heterocycles. The van der Waals surface area contributed by atoms with E-state index >= 15 is 0 Å². The molecule has 0 fully saturated rings. The molecule has 0 amide bonds. The third kappa shape index (κ3) is 3.44. The molecule has 0 radical (unpaired) electrons. The Hall–Kier alpha value is -1.96. The zero-order valence-corrected chi connectivity index (χ0v) is 14.8. The molecule has 0 atom stereocenters. The average Bonchev–Trinajstić information content (AvgIpc) is 2.99. The molecule has 0 unspecified atom stereocenters. The number of fused-ring (bicyclic) bond motifs is 3. The summed E-state index contributed by atoms with van der Waals surface area (Å²) in [7, 11) is 0. The van der Waals surface area contributed by atoms with Gasteiger partial charge in [-0.25, -0.2) is 0 Å². The molecule has 2 nitrogen and oxygen atoms in total. The van der Waals surface area contributed by atoms with E-state index < -0.39 is 0 Å². The number of hydrogen-bond acceptors (Lipinski definition) is 2. The Balaban J connectivity index is 0.000000561. The highest BCUT2D eigenvalue weighted by Gasteiger charge is 2.12. The van der Waals surface area contributed by atoms with Gasteiger partial charge in [0.15, 0.2) is 5.58 Å². The Morgan fingerprint density at radius 2 is 1.36 bits per heavy atom. The molecule has 1 heterocycles. The first-order chi connectivity index (χ1) is 10.8. The van der Waals surface area contributed by atoms with Gasteiger partial charge in [0.1, 0.15) is 5.58 Å². The number of hydrogen-bond donors (Lipinski definition) is 0. The predicted octanol–water partition coefficient (Wildman–Crippen LogP) is 6.48. The van der Waals surface area contributed by atoms with Crippen LogP contribution in [-0.2, 0) is 0 Å². The van der Waals surface area contributed by atoms with E-state index in [0.29, 0.717) is 0 Å². The maximum absolute atomic E-state index is 6.03. The summed E-state index contributed by atoms with van der Waals surface area (Å²) in [4.78, 5) is 2.32. The Morgan fingerprint density at radius 1 is 0.773 bits per heavy atom. The standard InChI is InChI=1S/C16H17NO.2C2H6/c1-3-17(4-2)14-10-7-9-13-12-8-5-6-11-15(12)18-16(13)14;2*1-2/h5-11H,3-4H2,1-2H3;2*1-2H3. The zero-order valence-electron chi connectivity index (χ0n) is 14.8. The fraction of sp³-hybridized carbons (Fsp3) is 0.400. The molecule has 0 saturated carbocycles. The van der Waals surface area contributed by atoms with Gasteiger partial charge in [0.2, 0.25) is 0 Å². The van der Waals surface area contributed by atoms with E-state index in [1.165, 1.54) is 16.5 Å². The summed E-state index contributed by atoms with van der Waals surface area (Å²) in [5.74, 6) is 0. The molecule has 3 rings (SSSR count). The van der Waals surface area contributed by atoms with E-state index in [1.54, 1.807) is 0 Å². The number of para-hydroxylation sites is 2. The van der Waals surface area contributed by atoms with Crippen LogP contribution < -0.4 is 4.90 Å². The van der Waals surface area contributed by atoms with Crippen LogP contribution in [-0.4, -0.2) is 13.1 Å². The fourth-order valence-electron chi connectivity index (χ4n) is 2.55. The molecule has 3 aromatic rings. The summed E-state index contributed by atoms with van der Waals surface area (Å²) in [6.45, 7) is 14.3. The van der Waals surface area contributed by atoms with Crippen molar-refractivity contribution in [3.05, 3.63) is 42.5 Å². The second kappa shape index (κ2) is 9.14. The zero-order chi connectivity index (χ0) is 16.5. The lowest BCUT2D eigenvalue weighted by molar-refractivity contribution is 0.665. The minimum atomic E-state index is 0.965. The van der Waals surface area contributed by atoms with E-state index in [2.05, 4.69) is 49.1 Å². The van der Waals surface area contributed by atoms with Crippen LogP contribution in [0.25, 0.3) is 21.9 Å². The summed E-state index contributed by atoms with van der Waals surface area (Å²) >= 11 is 0. The van der Waals surface area contributed by atoms with Crippen molar-refractivity contribution in [3.8, 4) is 0 Å². The summed E-state index contributed by atoms with van der Waals surface area (Å²) in [6, 6.07) is 14.6. The normalized spacial score (nSPS) is 9.73. The van der Waals surface area contributed by atoms with E-state index in [9.17, 15) is 0 Å². The van der Waals surface area contributed by atoms with Crippen molar-refractivity contribution in [3.63, 3.8) is 0 Å². The minimum Gasteiger partial charge on any atom is -0.454 e. The molecule has 2 heteroatoms. The predicted molar refractivity (Wildman–Crippen MR) is 100.0 cm³/mol. The van der Waals surface area contributed by atoms with Crippen LogP contribution in [0, 0.1) is 0 Å². The van der Waals surface area contributed by atoms with Gasteiger partial charge in [-0.05, 0) is 26.0 Å². The van der Waals surface area contributed by atoms with Gasteiger partial charge in [-0.2, -0.15) is 0 Å². The van der Waals surface area contributed by atoms with Gasteiger partial charge < -0.3 is 9.32 Å². The van der Waals surface area contributed by atoms with E-state index in [0.717, 1.165) is 24.3 Å². The molecule has 2 aromatic carbocycles. The Bertz CT molecular complexity index is 680. The molecule has 0 bridgehead atoms. The van der Waals surface area contributed by atoms with Crippen molar-refractivity contribution in [2.24, 2.45) is 0 Å². The Morgan fingerprint density at radius 3 is 2.00 bits per heavy atom. The summed E-state index contributed by atoms with van der Waals surface area (Å²) < 4.78 is 6.03. The van der Waals surface area contributed by atoms with Crippen LogP contribution >= 0.6 is 0 Å². The number of nitrogens with zero attached hydrogens (tertiary/aromatic N) is 1. The highest BCUT2D eigenvalue weighted by Crippen LogP contribution is 2.34. The summed E-state index contributed by atoms with van der Waals surface area (Å²) in [5.41, 5.74) is 3.16. The number of furan rings is 1. The van der Waals surface area contributed by atoms with Crippen molar-refractivity contribution in [2.45, 2.75) is 41.5 Å². The van der Waals surface area contributed by atoms with Crippen LogP contribution in [0.4, 0.5) is 5.69 Å². The minimum absolute atomic E-state index is 0.965. The van der Waals surface area contributed by atoms with Crippen molar-refractivity contribution in [2.75, 3.05) is 18.0 Å². The maximum atomic E-state index is 6.03. The van der Waals surface area contributed by atoms with Crippen LogP contribution in [0.2, 0.25) is 0 Å². The molecule has 0 spiro atoms. The molecular formula is C20H29NO. The number of rotatable bonds is 3. The van der Waals surface area contributed by atoms with Gasteiger partial charge in [0, 0.05) is 23.9 Å². The quantitative estimate of drug-likeness (QED) is 0.550. The molecule has 0 aliphatic heterocycles. The van der Waals surface area contributed by atoms with Crippen molar-refractivity contribution >= 4 is 27.6 Å². The summed E-state index contributed by atoms with van der Waals surface area (Å²) in [6.07, 6.45) is 0. The van der Waals surface area contributed by atoms with Crippen molar-refractivity contribution in [1.29, 1.82) is 0 Å². The molecular weight excluding hydrogens is 270 g/mol. The topological polar surface area (TPSA) is 16.4 Å². The summed E-state index contributed by atoms with van der Waals surface area (Å²) in [5, 5.41) is 2.40. The smallest absolute Gasteiger partial charge is 0.158 e. The van der Waals surface area contributed by atoms with E-state index in [4.69, 9.17) is 4.42 Å². The Kier molecular flexibility index (Phi) is 7.51. The lowest BCUT2D eigenvalue weighted by atomic mass is 10.1. The second-order valence-electron chi connectivity index (χ2n) is 4.42. The van der Waals surface area contributed by atoms with Gasteiger partial charge in [0.05, 0.1) is 5.69 Å². The van der Waals surface area contributed by atoms with Crippen molar-refractivity contribution in [1.82, 2.24) is 0 Å².